The summed E-state index contributed by atoms with van der Waals surface area (Å²) < 4.78 is 13.7. The van der Waals surface area contributed by atoms with Crippen LogP contribution >= 0.6 is 61.8 Å². The lowest BCUT2D eigenvalue weighted by atomic mass is 10.1. The van der Waals surface area contributed by atoms with Crippen LogP contribution in [0.4, 0.5) is 0 Å². The van der Waals surface area contributed by atoms with Gasteiger partial charge in [-0.25, -0.2) is 14.6 Å². The van der Waals surface area contributed by atoms with Gasteiger partial charge in [-0.2, -0.15) is 0 Å². The standard InChI is InChI=1S/C27H12BrCl2NO4S2/c28-14-9-10-18(34-27(33)24-22(30)16-6-2-4-8-20(16)37-24)13(11-14)12-17-26(32)35-25(31-17)23-21(29)15-5-1-3-7-19(15)36-23/h1-12H/b17-12+. The normalized spacial score (nSPS) is 14.4. The largest absolute Gasteiger partial charge is 0.422 e. The van der Waals surface area contributed by atoms with Gasteiger partial charge in [0, 0.05) is 30.2 Å². The molecule has 1 aliphatic rings. The summed E-state index contributed by atoms with van der Waals surface area (Å²) in [6.07, 6.45) is 1.51. The van der Waals surface area contributed by atoms with E-state index in [4.69, 9.17) is 32.7 Å². The van der Waals surface area contributed by atoms with Gasteiger partial charge in [0.2, 0.25) is 5.90 Å². The monoisotopic (exact) mass is 627 g/mol. The molecule has 10 heteroatoms. The van der Waals surface area contributed by atoms with Crippen LogP contribution < -0.4 is 4.74 Å². The summed E-state index contributed by atoms with van der Waals surface area (Å²) in [6.45, 7) is 0. The van der Waals surface area contributed by atoms with Crippen LogP contribution in [0.5, 0.6) is 5.75 Å². The third-order valence-corrected chi connectivity index (χ3v) is 9.35. The van der Waals surface area contributed by atoms with E-state index in [1.165, 1.54) is 28.7 Å². The number of hydrogen-bond donors (Lipinski definition) is 0. The van der Waals surface area contributed by atoms with E-state index in [1.54, 1.807) is 18.2 Å². The summed E-state index contributed by atoms with van der Waals surface area (Å²) in [4.78, 5) is 31.0. The Morgan fingerprint density at radius 3 is 2.32 bits per heavy atom. The summed E-state index contributed by atoms with van der Waals surface area (Å²) in [5, 5.41) is 2.47. The molecule has 3 aromatic carbocycles. The van der Waals surface area contributed by atoms with Gasteiger partial charge in [-0.05, 0) is 36.4 Å². The molecule has 0 amide bonds. The van der Waals surface area contributed by atoms with E-state index in [0.717, 1.165) is 24.6 Å². The van der Waals surface area contributed by atoms with E-state index in [0.29, 0.717) is 25.4 Å². The Kier molecular flexibility index (Phi) is 6.38. The highest BCUT2D eigenvalue weighted by Gasteiger charge is 2.28. The first-order valence-corrected chi connectivity index (χ1v) is 14.0. The van der Waals surface area contributed by atoms with Crippen LogP contribution in [-0.2, 0) is 9.53 Å². The number of fused-ring (bicyclic) bond motifs is 2. The minimum Gasteiger partial charge on any atom is -0.422 e. The number of thiophene rings is 2. The van der Waals surface area contributed by atoms with Gasteiger partial charge in [0.15, 0.2) is 5.70 Å². The predicted molar refractivity (Wildman–Crippen MR) is 153 cm³/mol. The Labute approximate surface area is 236 Å². The number of halogens is 3. The van der Waals surface area contributed by atoms with Crippen molar-refractivity contribution in [1.29, 1.82) is 0 Å². The van der Waals surface area contributed by atoms with Crippen molar-refractivity contribution in [2.75, 3.05) is 0 Å². The number of carbonyl (C=O) groups excluding carboxylic acids is 2. The lowest BCUT2D eigenvalue weighted by Gasteiger charge is -2.08. The first-order valence-electron chi connectivity index (χ1n) is 10.8. The second-order valence-corrected chi connectivity index (χ2v) is 11.7. The van der Waals surface area contributed by atoms with Crippen molar-refractivity contribution < 1.29 is 19.1 Å². The lowest BCUT2D eigenvalue weighted by molar-refractivity contribution is -0.129. The third kappa shape index (κ3) is 4.49. The molecule has 5 nitrogen and oxygen atoms in total. The molecular formula is C27H12BrCl2NO4S2. The van der Waals surface area contributed by atoms with Crippen molar-refractivity contribution >= 4 is 106 Å². The topological polar surface area (TPSA) is 65.0 Å². The van der Waals surface area contributed by atoms with E-state index in [2.05, 4.69) is 20.9 Å². The van der Waals surface area contributed by atoms with Crippen molar-refractivity contribution in [3.8, 4) is 5.75 Å². The van der Waals surface area contributed by atoms with E-state index in [-0.39, 0.29) is 17.3 Å². The summed E-state index contributed by atoms with van der Waals surface area (Å²) >= 11 is 19.1. The fourth-order valence-corrected chi connectivity index (χ4v) is 7.02. The maximum atomic E-state index is 13.0. The number of aliphatic imine (C=N–C) groups is 1. The molecule has 1 aliphatic heterocycles. The first-order chi connectivity index (χ1) is 17.9. The number of benzene rings is 3. The van der Waals surface area contributed by atoms with Gasteiger partial charge >= 0.3 is 11.9 Å². The van der Waals surface area contributed by atoms with Crippen LogP contribution in [0.3, 0.4) is 0 Å². The number of esters is 2. The molecule has 0 N–H and O–H groups in total. The average molecular weight is 629 g/mol. The molecule has 0 radical (unpaired) electrons. The third-order valence-electron chi connectivity index (χ3n) is 5.54. The molecule has 37 heavy (non-hydrogen) atoms. The average Bonchev–Trinajstić information content (AvgIpc) is 3.54. The van der Waals surface area contributed by atoms with Crippen molar-refractivity contribution in [3.63, 3.8) is 0 Å². The molecule has 0 bridgehead atoms. The minimum atomic E-state index is -0.631. The first kappa shape index (κ1) is 24.3. The number of nitrogens with zero attached hydrogens (tertiary/aromatic N) is 1. The molecule has 0 atom stereocenters. The van der Waals surface area contributed by atoms with Crippen molar-refractivity contribution in [1.82, 2.24) is 0 Å². The zero-order valence-corrected chi connectivity index (χ0v) is 23.2. The van der Waals surface area contributed by atoms with E-state index >= 15 is 0 Å². The molecule has 0 fully saturated rings. The van der Waals surface area contributed by atoms with E-state index < -0.39 is 11.9 Å². The maximum Gasteiger partial charge on any atom is 0.363 e. The fraction of sp³-hybridized carbons (Fsp3) is 0. The molecule has 0 unspecified atom stereocenters. The fourth-order valence-electron chi connectivity index (χ4n) is 3.82. The lowest BCUT2D eigenvalue weighted by Crippen LogP contribution is -2.08. The molecule has 182 valence electrons. The summed E-state index contributed by atoms with van der Waals surface area (Å²) in [5.74, 6) is -0.852. The highest BCUT2D eigenvalue weighted by molar-refractivity contribution is 9.10. The molecule has 0 saturated carbocycles. The molecule has 3 heterocycles. The van der Waals surface area contributed by atoms with E-state index in [1.807, 2.05) is 48.5 Å². The van der Waals surface area contributed by atoms with Crippen LogP contribution in [0.2, 0.25) is 10.0 Å². The van der Waals surface area contributed by atoms with Crippen LogP contribution in [0.1, 0.15) is 20.1 Å². The highest BCUT2D eigenvalue weighted by atomic mass is 79.9. The van der Waals surface area contributed by atoms with Gasteiger partial charge < -0.3 is 9.47 Å². The number of ether oxygens (including phenoxy) is 2. The van der Waals surface area contributed by atoms with Gasteiger partial charge in [-0.1, -0.05) is 75.5 Å². The Morgan fingerprint density at radius 1 is 0.946 bits per heavy atom. The summed E-state index contributed by atoms with van der Waals surface area (Å²) in [7, 11) is 0. The molecule has 6 rings (SSSR count). The van der Waals surface area contributed by atoms with Crippen molar-refractivity contribution in [2.45, 2.75) is 0 Å². The second-order valence-electron chi connectivity index (χ2n) is 7.89. The van der Waals surface area contributed by atoms with Gasteiger partial charge in [0.25, 0.3) is 0 Å². The SMILES string of the molecule is O=C1OC(c2sc3ccccc3c2Cl)=N/C1=C/c1cc(Br)ccc1OC(=O)c1sc2ccccc2c1Cl. The zero-order chi connectivity index (χ0) is 25.7. The van der Waals surface area contributed by atoms with Crippen molar-refractivity contribution in [3.05, 3.63) is 102 Å². The van der Waals surface area contributed by atoms with Gasteiger partial charge in [-0.15, -0.1) is 22.7 Å². The molecule has 2 aromatic heterocycles. The van der Waals surface area contributed by atoms with Gasteiger partial charge in [0.1, 0.15) is 15.5 Å². The molecule has 0 saturated heterocycles. The quantitative estimate of drug-likeness (QED) is 0.113. The Morgan fingerprint density at radius 2 is 1.62 bits per heavy atom. The van der Waals surface area contributed by atoms with Gasteiger partial charge in [0.05, 0.1) is 10.0 Å². The van der Waals surface area contributed by atoms with Crippen LogP contribution in [0.25, 0.3) is 26.2 Å². The Hall–Kier alpha value is -3.01. The summed E-state index contributed by atoms with van der Waals surface area (Å²) in [5.41, 5.74) is 0.512. The number of rotatable bonds is 4. The smallest absolute Gasteiger partial charge is 0.363 e. The van der Waals surface area contributed by atoms with Crippen LogP contribution in [-0.4, -0.2) is 17.8 Å². The number of hydrogen-bond acceptors (Lipinski definition) is 7. The summed E-state index contributed by atoms with van der Waals surface area (Å²) in [6, 6.07) is 20.2. The Balaban J connectivity index is 1.35. The van der Waals surface area contributed by atoms with Crippen molar-refractivity contribution in [2.24, 2.45) is 4.99 Å². The molecule has 5 aromatic rings. The molecule has 0 aliphatic carbocycles. The molecule has 0 spiro atoms. The minimum absolute atomic E-state index is 0.0545. The van der Waals surface area contributed by atoms with Gasteiger partial charge in [-0.3, -0.25) is 0 Å². The van der Waals surface area contributed by atoms with Crippen LogP contribution in [0, 0.1) is 0 Å². The highest BCUT2D eigenvalue weighted by Crippen LogP contribution is 2.39. The number of cyclic esters (lactones) is 1. The Bertz CT molecular complexity index is 1820. The van der Waals surface area contributed by atoms with E-state index in [9.17, 15) is 9.59 Å². The number of carbonyl (C=O) groups is 2. The second kappa shape index (κ2) is 9.70. The zero-order valence-electron chi connectivity index (χ0n) is 18.5. The predicted octanol–water partition coefficient (Wildman–Crippen LogP) is 8.75. The van der Waals surface area contributed by atoms with Crippen LogP contribution in [0.15, 0.2) is 81.9 Å². The molecular weight excluding hydrogens is 617 g/mol. The maximum absolute atomic E-state index is 13.0.